The lowest BCUT2D eigenvalue weighted by molar-refractivity contribution is 0.0950. The lowest BCUT2D eigenvalue weighted by atomic mass is 10.1. The molecule has 1 amide bonds. The quantitative estimate of drug-likeness (QED) is 0.758. The van der Waals surface area contributed by atoms with E-state index in [0.717, 1.165) is 11.1 Å². The summed E-state index contributed by atoms with van der Waals surface area (Å²) in [6, 6.07) is 10.8. The van der Waals surface area contributed by atoms with Crippen molar-refractivity contribution in [2.75, 3.05) is 0 Å². The molecule has 1 aromatic carbocycles. The SMILES string of the molecule is Cn1ccc(C(=O)NCc2ccccc2Cn2cncn2)cc1=O. The number of pyridine rings is 1. The van der Waals surface area contributed by atoms with Crippen LogP contribution in [0.5, 0.6) is 0 Å². The second-order valence-electron chi connectivity index (χ2n) is 5.41. The molecule has 0 fully saturated rings. The third-order valence-corrected chi connectivity index (χ3v) is 3.72. The Morgan fingerprint density at radius 1 is 1.21 bits per heavy atom. The number of carbonyl (C=O) groups is 1. The first-order chi connectivity index (χ1) is 11.6. The molecule has 7 heteroatoms. The van der Waals surface area contributed by atoms with E-state index in [2.05, 4.69) is 15.4 Å². The number of benzene rings is 1. The summed E-state index contributed by atoms with van der Waals surface area (Å²) < 4.78 is 3.14. The van der Waals surface area contributed by atoms with Gasteiger partial charge in [-0.1, -0.05) is 24.3 Å². The third kappa shape index (κ3) is 3.57. The molecular weight excluding hydrogens is 306 g/mol. The van der Waals surface area contributed by atoms with Crippen molar-refractivity contribution in [3.63, 3.8) is 0 Å². The molecule has 0 atom stereocenters. The summed E-state index contributed by atoms with van der Waals surface area (Å²) in [5, 5.41) is 6.94. The van der Waals surface area contributed by atoms with Crippen LogP contribution in [0.3, 0.4) is 0 Å². The van der Waals surface area contributed by atoms with Gasteiger partial charge in [0.15, 0.2) is 0 Å². The lowest BCUT2D eigenvalue weighted by Crippen LogP contribution is -2.26. The highest BCUT2D eigenvalue weighted by Gasteiger charge is 2.09. The lowest BCUT2D eigenvalue weighted by Gasteiger charge is -2.11. The Bertz CT molecular complexity index is 899. The van der Waals surface area contributed by atoms with Crippen molar-refractivity contribution in [3.05, 3.63) is 82.3 Å². The molecule has 2 heterocycles. The van der Waals surface area contributed by atoms with Gasteiger partial charge in [-0.15, -0.1) is 0 Å². The zero-order valence-corrected chi connectivity index (χ0v) is 13.2. The number of rotatable bonds is 5. The number of hydrogen-bond acceptors (Lipinski definition) is 4. The maximum atomic E-state index is 12.2. The monoisotopic (exact) mass is 323 g/mol. The maximum Gasteiger partial charge on any atom is 0.251 e. The van der Waals surface area contributed by atoms with Crippen molar-refractivity contribution in [1.82, 2.24) is 24.6 Å². The fourth-order valence-electron chi connectivity index (χ4n) is 2.34. The number of nitrogens with zero attached hydrogens (tertiary/aromatic N) is 4. The molecule has 0 aliphatic heterocycles. The normalized spacial score (nSPS) is 10.5. The van der Waals surface area contributed by atoms with Gasteiger partial charge in [-0.2, -0.15) is 5.10 Å². The number of amides is 1. The van der Waals surface area contributed by atoms with Crippen molar-refractivity contribution in [3.8, 4) is 0 Å². The highest BCUT2D eigenvalue weighted by Crippen LogP contribution is 2.10. The molecule has 0 saturated carbocycles. The van der Waals surface area contributed by atoms with Gasteiger partial charge in [-0.3, -0.25) is 9.59 Å². The fourth-order valence-corrected chi connectivity index (χ4v) is 2.34. The summed E-state index contributed by atoms with van der Waals surface area (Å²) in [5.74, 6) is -0.275. The average Bonchev–Trinajstić information content (AvgIpc) is 3.09. The molecule has 3 rings (SSSR count). The van der Waals surface area contributed by atoms with E-state index in [0.29, 0.717) is 18.7 Å². The predicted molar refractivity (Wildman–Crippen MR) is 88.4 cm³/mol. The highest BCUT2D eigenvalue weighted by atomic mass is 16.2. The zero-order chi connectivity index (χ0) is 16.9. The minimum absolute atomic E-state index is 0.214. The first kappa shape index (κ1) is 15.7. The van der Waals surface area contributed by atoms with Crippen LogP contribution in [-0.4, -0.2) is 25.2 Å². The van der Waals surface area contributed by atoms with Crippen LogP contribution in [0.4, 0.5) is 0 Å². The summed E-state index contributed by atoms with van der Waals surface area (Å²) in [7, 11) is 1.64. The van der Waals surface area contributed by atoms with E-state index < -0.39 is 0 Å². The molecule has 122 valence electrons. The molecule has 0 saturated heterocycles. The Balaban J connectivity index is 1.71. The van der Waals surface area contributed by atoms with Gasteiger partial charge in [0.25, 0.3) is 11.5 Å². The van der Waals surface area contributed by atoms with Crippen LogP contribution in [0, 0.1) is 0 Å². The number of nitrogens with one attached hydrogen (secondary N) is 1. The summed E-state index contributed by atoms with van der Waals surface area (Å²) >= 11 is 0. The maximum absolute atomic E-state index is 12.2. The summed E-state index contributed by atoms with van der Waals surface area (Å²) in [6.45, 7) is 0.955. The van der Waals surface area contributed by atoms with Gasteiger partial charge in [0.05, 0.1) is 6.54 Å². The molecule has 0 spiro atoms. The van der Waals surface area contributed by atoms with Crippen LogP contribution in [0.15, 0.2) is 60.0 Å². The predicted octanol–water partition coefficient (Wildman–Crippen LogP) is 0.955. The Morgan fingerprint density at radius 3 is 2.71 bits per heavy atom. The molecule has 3 aromatic rings. The Kier molecular flexibility index (Phi) is 4.51. The van der Waals surface area contributed by atoms with E-state index in [1.54, 1.807) is 30.3 Å². The first-order valence-corrected chi connectivity index (χ1v) is 7.47. The highest BCUT2D eigenvalue weighted by molar-refractivity contribution is 5.93. The van der Waals surface area contributed by atoms with Crippen LogP contribution in [0.1, 0.15) is 21.5 Å². The standard InChI is InChI=1S/C17H17N5O2/c1-21-7-6-13(8-16(21)23)17(24)19-9-14-4-2-3-5-15(14)10-22-12-18-11-20-22/h2-8,11-12H,9-10H2,1H3,(H,19,24). The van der Waals surface area contributed by atoms with E-state index in [1.807, 2.05) is 24.3 Å². The fraction of sp³-hybridized carbons (Fsp3) is 0.176. The van der Waals surface area contributed by atoms with E-state index in [1.165, 1.54) is 17.0 Å². The van der Waals surface area contributed by atoms with Crippen LogP contribution >= 0.6 is 0 Å². The van der Waals surface area contributed by atoms with Gasteiger partial charge in [-0.25, -0.2) is 9.67 Å². The number of aromatic nitrogens is 4. The van der Waals surface area contributed by atoms with E-state index in [4.69, 9.17) is 0 Å². The Hall–Kier alpha value is -3.22. The van der Waals surface area contributed by atoms with Crippen LogP contribution < -0.4 is 10.9 Å². The largest absolute Gasteiger partial charge is 0.348 e. The van der Waals surface area contributed by atoms with Crippen molar-refractivity contribution >= 4 is 5.91 Å². The van der Waals surface area contributed by atoms with Gasteiger partial charge in [0, 0.05) is 31.4 Å². The first-order valence-electron chi connectivity index (χ1n) is 7.47. The summed E-state index contributed by atoms with van der Waals surface area (Å²) in [6.07, 6.45) is 4.71. The van der Waals surface area contributed by atoms with Crippen molar-refractivity contribution in [1.29, 1.82) is 0 Å². The number of hydrogen-bond donors (Lipinski definition) is 1. The zero-order valence-electron chi connectivity index (χ0n) is 13.2. The average molecular weight is 323 g/mol. The molecule has 0 radical (unpaired) electrons. The third-order valence-electron chi connectivity index (χ3n) is 3.72. The molecule has 2 aromatic heterocycles. The van der Waals surface area contributed by atoms with Crippen molar-refractivity contribution < 1.29 is 4.79 Å². The summed E-state index contributed by atoms with van der Waals surface area (Å²) in [4.78, 5) is 27.8. The van der Waals surface area contributed by atoms with Crippen LogP contribution in [0.25, 0.3) is 0 Å². The minimum Gasteiger partial charge on any atom is -0.348 e. The molecule has 0 aliphatic carbocycles. The number of carbonyl (C=O) groups excluding carboxylic acids is 1. The second-order valence-corrected chi connectivity index (χ2v) is 5.41. The molecule has 7 nitrogen and oxygen atoms in total. The van der Waals surface area contributed by atoms with E-state index in [-0.39, 0.29) is 11.5 Å². The van der Waals surface area contributed by atoms with Gasteiger partial charge in [-0.05, 0) is 17.2 Å². The molecule has 24 heavy (non-hydrogen) atoms. The molecule has 0 unspecified atom stereocenters. The van der Waals surface area contributed by atoms with Crippen LogP contribution in [-0.2, 0) is 20.1 Å². The molecule has 0 aliphatic rings. The van der Waals surface area contributed by atoms with Crippen LogP contribution in [0.2, 0.25) is 0 Å². The molecular formula is C17H17N5O2. The number of aryl methyl sites for hydroxylation is 1. The van der Waals surface area contributed by atoms with Gasteiger partial charge < -0.3 is 9.88 Å². The van der Waals surface area contributed by atoms with Crippen molar-refractivity contribution in [2.45, 2.75) is 13.1 Å². The Morgan fingerprint density at radius 2 is 2.00 bits per heavy atom. The van der Waals surface area contributed by atoms with Crippen molar-refractivity contribution in [2.24, 2.45) is 7.05 Å². The molecule has 1 N–H and O–H groups in total. The minimum atomic E-state index is -0.275. The second kappa shape index (κ2) is 6.91. The Labute approximate surface area is 138 Å². The topological polar surface area (TPSA) is 81.8 Å². The summed E-state index contributed by atoms with van der Waals surface area (Å²) in [5.41, 5.74) is 2.18. The van der Waals surface area contributed by atoms with Gasteiger partial charge in [0.1, 0.15) is 12.7 Å². The van der Waals surface area contributed by atoms with E-state index in [9.17, 15) is 9.59 Å². The van der Waals surface area contributed by atoms with Gasteiger partial charge in [0.2, 0.25) is 0 Å². The van der Waals surface area contributed by atoms with E-state index >= 15 is 0 Å². The van der Waals surface area contributed by atoms with Gasteiger partial charge >= 0.3 is 0 Å². The molecule has 0 bridgehead atoms. The smallest absolute Gasteiger partial charge is 0.251 e.